The van der Waals surface area contributed by atoms with Gasteiger partial charge in [-0.3, -0.25) is 4.79 Å². The van der Waals surface area contributed by atoms with Crippen molar-refractivity contribution in [1.82, 2.24) is 5.32 Å². The summed E-state index contributed by atoms with van der Waals surface area (Å²) in [6.45, 7) is 0.554. The lowest BCUT2D eigenvalue weighted by atomic mass is 10.1. The van der Waals surface area contributed by atoms with Gasteiger partial charge in [0.1, 0.15) is 5.82 Å². The molecule has 1 amide bonds. The van der Waals surface area contributed by atoms with Crippen LogP contribution >= 0.6 is 0 Å². The van der Waals surface area contributed by atoms with Crippen LogP contribution in [0, 0.1) is 5.82 Å². The Morgan fingerprint density at radius 1 is 1.10 bits per heavy atom. The van der Waals surface area contributed by atoms with Crippen molar-refractivity contribution in [2.45, 2.75) is 12.8 Å². The van der Waals surface area contributed by atoms with Gasteiger partial charge in [0, 0.05) is 12.2 Å². The van der Waals surface area contributed by atoms with Gasteiger partial charge in [0.05, 0.1) is 6.42 Å². The molecular formula is C16H17FN2O. The van der Waals surface area contributed by atoms with Gasteiger partial charge in [-0.05, 0) is 41.8 Å². The number of anilines is 1. The van der Waals surface area contributed by atoms with E-state index >= 15 is 0 Å². The zero-order valence-electron chi connectivity index (χ0n) is 11.1. The molecule has 0 atom stereocenters. The van der Waals surface area contributed by atoms with Crippen LogP contribution in [0.2, 0.25) is 0 Å². The second-order valence-corrected chi connectivity index (χ2v) is 4.65. The van der Waals surface area contributed by atoms with E-state index in [9.17, 15) is 9.18 Å². The highest BCUT2D eigenvalue weighted by Crippen LogP contribution is 2.06. The number of carbonyl (C=O) groups is 1. The number of carbonyl (C=O) groups excluding carboxylic acids is 1. The lowest BCUT2D eigenvalue weighted by molar-refractivity contribution is -0.120. The highest BCUT2D eigenvalue weighted by Gasteiger charge is 2.03. The average Bonchev–Trinajstić information content (AvgIpc) is 2.41. The summed E-state index contributed by atoms with van der Waals surface area (Å²) >= 11 is 0. The van der Waals surface area contributed by atoms with E-state index in [4.69, 9.17) is 5.73 Å². The first kappa shape index (κ1) is 14.1. The summed E-state index contributed by atoms with van der Waals surface area (Å²) < 4.78 is 13.0. The Bertz CT molecular complexity index is 581. The number of rotatable bonds is 5. The maximum atomic E-state index is 13.0. The molecule has 2 aromatic carbocycles. The molecule has 0 saturated heterocycles. The molecule has 3 N–H and O–H groups in total. The molecule has 3 nitrogen and oxygen atoms in total. The Morgan fingerprint density at radius 2 is 1.85 bits per heavy atom. The molecule has 104 valence electrons. The van der Waals surface area contributed by atoms with Crippen molar-refractivity contribution in [1.29, 1.82) is 0 Å². The molecule has 0 spiro atoms. The number of halogens is 1. The molecule has 4 heteroatoms. The number of benzene rings is 2. The van der Waals surface area contributed by atoms with Gasteiger partial charge in [0.25, 0.3) is 0 Å². The molecule has 0 aliphatic rings. The fourth-order valence-electron chi connectivity index (χ4n) is 1.93. The molecule has 20 heavy (non-hydrogen) atoms. The Morgan fingerprint density at radius 3 is 2.55 bits per heavy atom. The summed E-state index contributed by atoms with van der Waals surface area (Å²) in [6.07, 6.45) is 0.939. The summed E-state index contributed by atoms with van der Waals surface area (Å²) in [5.41, 5.74) is 8.12. The first-order chi connectivity index (χ1) is 9.63. The molecule has 0 saturated carbocycles. The van der Waals surface area contributed by atoms with E-state index in [0.717, 1.165) is 17.7 Å². The van der Waals surface area contributed by atoms with E-state index in [1.807, 2.05) is 24.3 Å². The first-order valence-electron chi connectivity index (χ1n) is 6.49. The van der Waals surface area contributed by atoms with Gasteiger partial charge in [-0.15, -0.1) is 0 Å². The van der Waals surface area contributed by atoms with Crippen molar-refractivity contribution >= 4 is 11.6 Å². The van der Waals surface area contributed by atoms with Crippen LogP contribution in [0.5, 0.6) is 0 Å². The Hall–Kier alpha value is -2.36. The molecule has 0 aromatic heterocycles. The minimum atomic E-state index is -0.322. The maximum absolute atomic E-state index is 13.0. The molecule has 0 bridgehead atoms. The highest BCUT2D eigenvalue weighted by atomic mass is 19.1. The highest BCUT2D eigenvalue weighted by molar-refractivity contribution is 5.78. The summed E-state index contributed by atoms with van der Waals surface area (Å²) in [7, 11) is 0. The summed E-state index contributed by atoms with van der Waals surface area (Å²) in [6, 6.07) is 13.6. The zero-order valence-corrected chi connectivity index (χ0v) is 11.1. The van der Waals surface area contributed by atoms with Crippen LogP contribution < -0.4 is 11.1 Å². The van der Waals surface area contributed by atoms with E-state index in [0.29, 0.717) is 12.1 Å². The van der Waals surface area contributed by atoms with E-state index in [-0.39, 0.29) is 18.1 Å². The minimum absolute atomic E-state index is 0.106. The Kier molecular flexibility index (Phi) is 4.71. The molecule has 2 aromatic rings. The van der Waals surface area contributed by atoms with Crippen molar-refractivity contribution in [2.24, 2.45) is 0 Å². The molecule has 0 fully saturated rings. The van der Waals surface area contributed by atoms with Gasteiger partial charge in [-0.25, -0.2) is 4.39 Å². The van der Waals surface area contributed by atoms with Gasteiger partial charge in [-0.2, -0.15) is 0 Å². The second-order valence-electron chi connectivity index (χ2n) is 4.65. The number of nitrogens with two attached hydrogens (primary N) is 1. The lowest BCUT2D eigenvalue weighted by Gasteiger charge is -2.06. The standard InChI is InChI=1S/C16H17FN2O/c17-14-3-1-2-13(10-14)11-16(20)19-9-8-12-4-6-15(18)7-5-12/h1-7,10H,8-9,11,18H2,(H,19,20). The topological polar surface area (TPSA) is 55.1 Å². The molecular weight excluding hydrogens is 255 g/mol. The van der Waals surface area contributed by atoms with Crippen molar-refractivity contribution in [3.05, 3.63) is 65.5 Å². The fraction of sp³-hybridized carbons (Fsp3) is 0.188. The molecule has 0 heterocycles. The number of nitrogen functional groups attached to an aromatic ring is 1. The second kappa shape index (κ2) is 6.70. The van der Waals surface area contributed by atoms with Crippen LogP contribution in [0.15, 0.2) is 48.5 Å². The van der Waals surface area contributed by atoms with E-state index < -0.39 is 0 Å². The normalized spacial score (nSPS) is 10.2. The third kappa shape index (κ3) is 4.39. The Labute approximate surface area is 117 Å². The summed E-state index contributed by atoms with van der Waals surface area (Å²) in [5, 5.41) is 2.82. The zero-order chi connectivity index (χ0) is 14.4. The van der Waals surface area contributed by atoms with Crippen LogP contribution in [0.25, 0.3) is 0 Å². The van der Waals surface area contributed by atoms with Crippen LogP contribution in [0.1, 0.15) is 11.1 Å². The molecule has 2 rings (SSSR count). The van der Waals surface area contributed by atoms with Crippen molar-refractivity contribution < 1.29 is 9.18 Å². The van der Waals surface area contributed by atoms with E-state index in [1.165, 1.54) is 12.1 Å². The number of hydrogen-bond acceptors (Lipinski definition) is 2. The molecule has 0 radical (unpaired) electrons. The SMILES string of the molecule is Nc1ccc(CCNC(=O)Cc2cccc(F)c2)cc1. The van der Waals surface area contributed by atoms with Gasteiger partial charge >= 0.3 is 0 Å². The number of hydrogen-bond donors (Lipinski definition) is 2. The van der Waals surface area contributed by atoms with Gasteiger partial charge in [-0.1, -0.05) is 24.3 Å². The van der Waals surface area contributed by atoms with Crippen molar-refractivity contribution in [3.63, 3.8) is 0 Å². The van der Waals surface area contributed by atoms with Gasteiger partial charge < -0.3 is 11.1 Å². The monoisotopic (exact) mass is 272 g/mol. The summed E-state index contributed by atoms with van der Waals surface area (Å²) in [5.74, 6) is -0.428. The van der Waals surface area contributed by atoms with Crippen molar-refractivity contribution in [3.8, 4) is 0 Å². The van der Waals surface area contributed by atoms with Gasteiger partial charge in [0.15, 0.2) is 0 Å². The van der Waals surface area contributed by atoms with Crippen LogP contribution in [-0.4, -0.2) is 12.5 Å². The van der Waals surface area contributed by atoms with Crippen molar-refractivity contribution in [2.75, 3.05) is 12.3 Å². The number of amides is 1. The fourth-order valence-corrected chi connectivity index (χ4v) is 1.93. The van der Waals surface area contributed by atoms with E-state index in [2.05, 4.69) is 5.32 Å². The Balaban J connectivity index is 1.76. The van der Waals surface area contributed by atoms with Gasteiger partial charge in [0.2, 0.25) is 5.91 Å². The van der Waals surface area contributed by atoms with Crippen LogP contribution in [0.4, 0.5) is 10.1 Å². The summed E-state index contributed by atoms with van der Waals surface area (Å²) in [4.78, 5) is 11.7. The third-order valence-electron chi connectivity index (χ3n) is 2.97. The maximum Gasteiger partial charge on any atom is 0.224 e. The third-order valence-corrected chi connectivity index (χ3v) is 2.97. The van der Waals surface area contributed by atoms with Crippen LogP contribution in [0.3, 0.4) is 0 Å². The number of nitrogens with one attached hydrogen (secondary N) is 1. The smallest absolute Gasteiger partial charge is 0.224 e. The predicted molar refractivity (Wildman–Crippen MR) is 77.7 cm³/mol. The molecule has 0 aliphatic heterocycles. The molecule has 0 unspecified atom stereocenters. The van der Waals surface area contributed by atoms with Crippen LogP contribution in [-0.2, 0) is 17.6 Å². The van der Waals surface area contributed by atoms with E-state index in [1.54, 1.807) is 12.1 Å². The lowest BCUT2D eigenvalue weighted by Crippen LogP contribution is -2.27. The predicted octanol–water partition coefficient (Wildman–Crippen LogP) is 2.31. The average molecular weight is 272 g/mol. The minimum Gasteiger partial charge on any atom is -0.399 e. The molecule has 0 aliphatic carbocycles. The largest absolute Gasteiger partial charge is 0.399 e. The first-order valence-corrected chi connectivity index (χ1v) is 6.49. The quantitative estimate of drug-likeness (QED) is 0.821.